The lowest BCUT2D eigenvalue weighted by atomic mass is 9.81. The van der Waals surface area contributed by atoms with E-state index in [0.29, 0.717) is 12.5 Å². The van der Waals surface area contributed by atoms with Crippen molar-refractivity contribution >= 4 is 10.0 Å². The van der Waals surface area contributed by atoms with E-state index in [1.165, 1.54) is 0 Å². The van der Waals surface area contributed by atoms with Gasteiger partial charge in [0.25, 0.3) is 0 Å². The molecule has 0 aliphatic carbocycles. The number of hydrogen-bond acceptors (Lipinski definition) is 3. The molecule has 0 heterocycles. The summed E-state index contributed by atoms with van der Waals surface area (Å²) in [5.41, 5.74) is 5.17. The van der Waals surface area contributed by atoms with Gasteiger partial charge in [-0.25, -0.2) is 13.1 Å². The van der Waals surface area contributed by atoms with Gasteiger partial charge in [-0.05, 0) is 11.3 Å². The molecule has 0 spiro atoms. The molecule has 0 amide bonds. The maximum absolute atomic E-state index is 11.3. The molecule has 0 aromatic carbocycles. The summed E-state index contributed by atoms with van der Waals surface area (Å²) in [7, 11) is -3.17. The third-order valence-corrected chi connectivity index (χ3v) is 4.05. The highest BCUT2D eigenvalue weighted by Gasteiger charge is 2.24. The second kappa shape index (κ2) is 5.09. The van der Waals surface area contributed by atoms with E-state index in [0.717, 1.165) is 0 Å². The zero-order valence-corrected chi connectivity index (χ0v) is 10.3. The van der Waals surface area contributed by atoms with Crippen molar-refractivity contribution in [3.05, 3.63) is 0 Å². The van der Waals surface area contributed by atoms with Gasteiger partial charge in [0.15, 0.2) is 0 Å². The van der Waals surface area contributed by atoms with Gasteiger partial charge < -0.3 is 5.73 Å². The molecule has 0 fully saturated rings. The molecule has 0 saturated heterocycles. The summed E-state index contributed by atoms with van der Waals surface area (Å²) in [6.45, 7) is 8.88. The molecule has 5 heteroatoms. The van der Waals surface area contributed by atoms with Gasteiger partial charge in [-0.15, -0.1) is 0 Å². The van der Waals surface area contributed by atoms with Gasteiger partial charge in [-0.1, -0.05) is 27.7 Å². The molecular formula is C9H22N2O2S. The summed E-state index contributed by atoms with van der Waals surface area (Å²) >= 11 is 0. The standard InChI is InChI=1S/C9H22N2O2S/c1-8(2)9(3,4)7-11-14(12,13)6-5-10/h8,11H,5-7,10H2,1-4H3. The van der Waals surface area contributed by atoms with Gasteiger partial charge in [0.05, 0.1) is 5.75 Å². The first kappa shape index (κ1) is 13.9. The van der Waals surface area contributed by atoms with Crippen LogP contribution in [0.15, 0.2) is 0 Å². The topological polar surface area (TPSA) is 72.2 Å². The van der Waals surface area contributed by atoms with Crippen LogP contribution in [0.1, 0.15) is 27.7 Å². The molecule has 0 aromatic rings. The molecule has 14 heavy (non-hydrogen) atoms. The Morgan fingerprint density at radius 3 is 2.21 bits per heavy atom. The van der Waals surface area contributed by atoms with Crippen LogP contribution >= 0.6 is 0 Å². The van der Waals surface area contributed by atoms with Crippen LogP contribution in [0.2, 0.25) is 0 Å². The van der Waals surface area contributed by atoms with E-state index in [9.17, 15) is 8.42 Å². The first-order valence-electron chi connectivity index (χ1n) is 4.88. The van der Waals surface area contributed by atoms with Crippen LogP contribution in [0.4, 0.5) is 0 Å². The highest BCUT2D eigenvalue weighted by Crippen LogP contribution is 2.24. The number of nitrogens with two attached hydrogens (primary N) is 1. The third kappa shape index (κ3) is 4.93. The maximum atomic E-state index is 11.3. The van der Waals surface area contributed by atoms with Gasteiger partial charge in [0.1, 0.15) is 0 Å². The molecular weight excluding hydrogens is 200 g/mol. The smallest absolute Gasteiger partial charge is 0.212 e. The molecule has 3 N–H and O–H groups in total. The van der Waals surface area contributed by atoms with Crippen LogP contribution < -0.4 is 10.5 Å². The monoisotopic (exact) mass is 222 g/mol. The lowest BCUT2D eigenvalue weighted by molar-refractivity contribution is 0.252. The molecule has 0 rings (SSSR count). The Bertz CT molecular complexity index is 258. The summed E-state index contributed by atoms with van der Waals surface area (Å²) < 4.78 is 25.2. The van der Waals surface area contributed by atoms with E-state index in [1.807, 2.05) is 13.8 Å². The van der Waals surface area contributed by atoms with Crippen LogP contribution in [-0.4, -0.2) is 27.3 Å². The van der Waals surface area contributed by atoms with Gasteiger partial charge in [-0.3, -0.25) is 0 Å². The Kier molecular flexibility index (Phi) is 5.05. The molecule has 0 bridgehead atoms. The van der Waals surface area contributed by atoms with Crippen LogP contribution in [0.3, 0.4) is 0 Å². The van der Waals surface area contributed by atoms with Crippen molar-refractivity contribution in [2.45, 2.75) is 27.7 Å². The second-order valence-electron chi connectivity index (χ2n) is 4.57. The fraction of sp³-hybridized carbons (Fsp3) is 1.00. The molecule has 0 aliphatic rings. The summed E-state index contributed by atoms with van der Waals surface area (Å²) in [6, 6.07) is 0. The Balaban J connectivity index is 4.19. The number of nitrogens with one attached hydrogen (secondary N) is 1. The predicted molar refractivity (Wildman–Crippen MR) is 59.5 cm³/mol. The van der Waals surface area contributed by atoms with E-state index in [2.05, 4.69) is 18.6 Å². The number of hydrogen-bond donors (Lipinski definition) is 2. The summed E-state index contributed by atoms with van der Waals surface area (Å²) in [5.74, 6) is 0.435. The average Bonchev–Trinajstić information content (AvgIpc) is 2.01. The minimum absolute atomic E-state index is 0.00117. The predicted octanol–water partition coefficient (Wildman–Crippen LogP) is 0.547. The minimum Gasteiger partial charge on any atom is -0.329 e. The summed E-state index contributed by atoms with van der Waals surface area (Å²) in [5, 5.41) is 0. The first-order valence-corrected chi connectivity index (χ1v) is 6.54. The average molecular weight is 222 g/mol. The Morgan fingerprint density at radius 1 is 1.36 bits per heavy atom. The minimum atomic E-state index is -3.17. The summed E-state index contributed by atoms with van der Waals surface area (Å²) in [4.78, 5) is 0. The van der Waals surface area contributed by atoms with Crippen molar-refractivity contribution in [1.82, 2.24) is 4.72 Å². The quantitative estimate of drug-likeness (QED) is 0.689. The van der Waals surface area contributed by atoms with E-state index in [1.54, 1.807) is 0 Å². The Hall–Kier alpha value is -0.130. The van der Waals surface area contributed by atoms with Gasteiger partial charge in [0.2, 0.25) is 10.0 Å². The van der Waals surface area contributed by atoms with Crippen LogP contribution in [-0.2, 0) is 10.0 Å². The maximum Gasteiger partial charge on any atom is 0.212 e. The lowest BCUT2D eigenvalue weighted by Gasteiger charge is -2.29. The van der Waals surface area contributed by atoms with Crippen molar-refractivity contribution in [3.8, 4) is 0 Å². The van der Waals surface area contributed by atoms with Crippen molar-refractivity contribution < 1.29 is 8.42 Å². The molecule has 0 aliphatic heterocycles. The normalized spacial score (nSPS) is 13.6. The first-order chi connectivity index (χ1) is 6.21. The van der Waals surface area contributed by atoms with Crippen molar-refractivity contribution in [2.24, 2.45) is 17.1 Å². The Morgan fingerprint density at radius 2 is 1.86 bits per heavy atom. The number of rotatable bonds is 6. The molecule has 86 valence electrons. The van der Waals surface area contributed by atoms with Crippen molar-refractivity contribution in [1.29, 1.82) is 0 Å². The number of sulfonamides is 1. The molecule has 0 aromatic heterocycles. The highest BCUT2D eigenvalue weighted by molar-refractivity contribution is 7.89. The van der Waals surface area contributed by atoms with Crippen molar-refractivity contribution in [3.63, 3.8) is 0 Å². The van der Waals surface area contributed by atoms with Crippen LogP contribution in [0.25, 0.3) is 0 Å². The zero-order valence-electron chi connectivity index (χ0n) is 9.50. The van der Waals surface area contributed by atoms with Crippen molar-refractivity contribution in [2.75, 3.05) is 18.8 Å². The third-order valence-electron chi connectivity index (χ3n) is 2.70. The molecule has 0 unspecified atom stereocenters. The molecule has 4 nitrogen and oxygen atoms in total. The molecule has 0 saturated carbocycles. The van der Waals surface area contributed by atoms with Gasteiger partial charge in [0, 0.05) is 13.1 Å². The highest BCUT2D eigenvalue weighted by atomic mass is 32.2. The SMILES string of the molecule is CC(C)C(C)(C)CNS(=O)(=O)CCN. The van der Waals surface area contributed by atoms with Gasteiger partial charge >= 0.3 is 0 Å². The van der Waals surface area contributed by atoms with Crippen LogP contribution in [0.5, 0.6) is 0 Å². The second-order valence-corrected chi connectivity index (χ2v) is 6.50. The largest absolute Gasteiger partial charge is 0.329 e. The lowest BCUT2D eigenvalue weighted by Crippen LogP contribution is -2.39. The van der Waals surface area contributed by atoms with E-state index in [-0.39, 0.29) is 17.7 Å². The Labute approximate surface area is 87.3 Å². The molecule has 0 atom stereocenters. The van der Waals surface area contributed by atoms with E-state index < -0.39 is 10.0 Å². The fourth-order valence-corrected chi connectivity index (χ4v) is 1.77. The van der Waals surface area contributed by atoms with E-state index in [4.69, 9.17) is 5.73 Å². The summed E-state index contributed by atoms with van der Waals surface area (Å²) in [6.07, 6.45) is 0. The zero-order chi connectivity index (χ0) is 11.4. The fourth-order valence-electron chi connectivity index (χ4n) is 0.727. The van der Waals surface area contributed by atoms with E-state index >= 15 is 0 Å². The van der Waals surface area contributed by atoms with Gasteiger partial charge in [-0.2, -0.15) is 0 Å². The van der Waals surface area contributed by atoms with Crippen LogP contribution in [0, 0.1) is 11.3 Å². The molecule has 0 radical (unpaired) electrons.